The van der Waals surface area contributed by atoms with Crippen LogP contribution in [0.25, 0.3) is 0 Å². The molecule has 0 fully saturated rings. The van der Waals surface area contributed by atoms with Crippen LogP contribution in [0, 0.1) is 0 Å². The maximum Gasteiger partial charge on any atom is 0.305 e. The minimum Gasteiger partial charge on any atom is -0.466 e. The summed E-state index contributed by atoms with van der Waals surface area (Å²) in [5.74, 6) is -0.0702. The zero-order valence-electron chi connectivity index (χ0n) is 47.0. The Hall–Kier alpha value is -1.92. The second-order valence-corrected chi connectivity index (χ2v) is 21.4. The van der Waals surface area contributed by atoms with Crippen molar-refractivity contribution >= 4 is 11.9 Å². The number of nitrogens with one attached hydrogen (secondary N) is 1. The highest BCUT2D eigenvalue weighted by molar-refractivity contribution is 5.76. The molecular weight excluding hydrogens is 863 g/mol. The van der Waals surface area contributed by atoms with Crippen LogP contribution in [0.2, 0.25) is 0 Å². The highest BCUT2D eigenvalue weighted by atomic mass is 16.5. The third-order valence-electron chi connectivity index (χ3n) is 14.4. The van der Waals surface area contributed by atoms with Gasteiger partial charge in [-0.3, -0.25) is 9.59 Å². The number of rotatable bonds is 58. The number of aliphatic hydroxyl groups is 2. The molecular formula is C64H121NO5. The number of hydrogen-bond acceptors (Lipinski definition) is 5. The minimum absolute atomic E-state index is 0.00358. The van der Waals surface area contributed by atoms with Gasteiger partial charge in [-0.05, 0) is 83.5 Å². The minimum atomic E-state index is -0.848. The summed E-state index contributed by atoms with van der Waals surface area (Å²) in [6.07, 6.45) is 74.7. The van der Waals surface area contributed by atoms with Gasteiger partial charge in [-0.1, -0.05) is 275 Å². The number of hydrogen-bond donors (Lipinski definition) is 3. The molecule has 0 aromatic carbocycles. The van der Waals surface area contributed by atoms with E-state index < -0.39 is 12.1 Å². The molecule has 0 saturated heterocycles. The first-order chi connectivity index (χ1) is 34.5. The van der Waals surface area contributed by atoms with Gasteiger partial charge in [0.2, 0.25) is 5.91 Å². The number of amides is 1. The average Bonchev–Trinajstić information content (AvgIpc) is 3.36. The van der Waals surface area contributed by atoms with E-state index in [1.54, 1.807) is 6.08 Å². The molecule has 0 heterocycles. The molecule has 0 aromatic rings. The van der Waals surface area contributed by atoms with Crippen molar-refractivity contribution in [2.45, 2.75) is 347 Å². The van der Waals surface area contributed by atoms with Crippen LogP contribution in [0.1, 0.15) is 335 Å². The van der Waals surface area contributed by atoms with Crippen LogP contribution in [-0.4, -0.2) is 47.4 Å². The van der Waals surface area contributed by atoms with E-state index in [4.69, 9.17) is 4.74 Å². The smallest absolute Gasteiger partial charge is 0.305 e. The van der Waals surface area contributed by atoms with Crippen molar-refractivity contribution in [1.29, 1.82) is 0 Å². The molecule has 2 atom stereocenters. The predicted octanol–water partition coefficient (Wildman–Crippen LogP) is 19.6. The lowest BCUT2D eigenvalue weighted by Crippen LogP contribution is -2.45. The van der Waals surface area contributed by atoms with Crippen molar-refractivity contribution in [2.24, 2.45) is 0 Å². The van der Waals surface area contributed by atoms with Crippen LogP contribution >= 0.6 is 0 Å². The molecule has 0 aromatic heterocycles. The summed E-state index contributed by atoms with van der Waals surface area (Å²) in [5, 5.41) is 23.1. The van der Waals surface area contributed by atoms with E-state index in [1.807, 2.05) is 6.08 Å². The quantitative estimate of drug-likeness (QED) is 0.0321. The van der Waals surface area contributed by atoms with Crippen molar-refractivity contribution < 1.29 is 24.5 Å². The summed E-state index contributed by atoms with van der Waals surface area (Å²) in [6.45, 7) is 4.90. The van der Waals surface area contributed by atoms with E-state index in [0.29, 0.717) is 19.4 Å². The van der Waals surface area contributed by atoms with Gasteiger partial charge in [0.1, 0.15) is 0 Å². The van der Waals surface area contributed by atoms with Gasteiger partial charge in [0, 0.05) is 12.8 Å². The lowest BCUT2D eigenvalue weighted by atomic mass is 10.0. The number of unbranched alkanes of at least 4 members (excludes halogenated alkanes) is 43. The van der Waals surface area contributed by atoms with Gasteiger partial charge in [-0.25, -0.2) is 0 Å². The Kier molecular flexibility index (Phi) is 58.0. The van der Waals surface area contributed by atoms with Gasteiger partial charge in [0.05, 0.1) is 25.4 Å². The molecule has 3 N–H and O–H groups in total. The molecule has 0 rings (SSSR count). The van der Waals surface area contributed by atoms with E-state index in [-0.39, 0.29) is 18.5 Å². The molecule has 0 saturated carbocycles. The Labute approximate surface area is 436 Å². The Morgan fingerprint density at radius 3 is 1.01 bits per heavy atom. The number of carbonyl (C=O) groups excluding carboxylic acids is 2. The van der Waals surface area contributed by atoms with Gasteiger partial charge in [-0.2, -0.15) is 0 Å². The number of aliphatic hydroxyl groups excluding tert-OH is 2. The van der Waals surface area contributed by atoms with Crippen molar-refractivity contribution in [3.63, 3.8) is 0 Å². The third-order valence-corrected chi connectivity index (χ3v) is 14.4. The second kappa shape index (κ2) is 59.6. The van der Waals surface area contributed by atoms with Crippen LogP contribution in [-0.2, 0) is 14.3 Å². The monoisotopic (exact) mass is 984 g/mol. The van der Waals surface area contributed by atoms with Gasteiger partial charge in [0.15, 0.2) is 0 Å². The van der Waals surface area contributed by atoms with Gasteiger partial charge in [0.25, 0.3) is 0 Å². The fourth-order valence-corrected chi connectivity index (χ4v) is 9.57. The first kappa shape index (κ1) is 68.1. The summed E-state index contributed by atoms with van der Waals surface area (Å²) in [4.78, 5) is 24.5. The van der Waals surface area contributed by atoms with Crippen molar-refractivity contribution in [1.82, 2.24) is 5.32 Å². The molecule has 0 aliphatic rings. The van der Waals surface area contributed by atoms with Gasteiger partial charge >= 0.3 is 5.97 Å². The van der Waals surface area contributed by atoms with E-state index >= 15 is 0 Å². The Balaban J connectivity index is 3.42. The highest BCUT2D eigenvalue weighted by Gasteiger charge is 2.18. The van der Waals surface area contributed by atoms with Crippen molar-refractivity contribution in [3.8, 4) is 0 Å². The van der Waals surface area contributed by atoms with Gasteiger partial charge in [-0.15, -0.1) is 0 Å². The Bertz CT molecular complexity index is 1130. The Morgan fingerprint density at radius 2 is 0.671 bits per heavy atom. The lowest BCUT2D eigenvalue weighted by molar-refractivity contribution is -0.143. The molecule has 0 aliphatic heterocycles. The SMILES string of the molecule is CCCCCCCCC/C=C\CCCCCCCC(=O)OCCCCCCCCCCCCCC/C=C\CCCCCCCCCC(=O)NC(CO)C(O)/C=C/CCCCCCCCCCCCCC. The first-order valence-corrected chi connectivity index (χ1v) is 31.3. The number of esters is 1. The second-order valence-electron chi connectivity index (χ2n) is 21.4. The fourth-order valence-electron chi connectivity index (χ4n) is 9.57. The zero-order chi connectivity index (χ0) is 50.7. The predicted molar refractivity (Wildman–Crippen MR) is 306 cm³/mol. The molecule has 6 heteroatoms. The number of ether oxygens (including phenoxy) is 1. The van der Waals surface area contributed by atoms with Crippen LogP contribution in [0.5, 0.6) is 0 Å². The molecule has 412 valence electrons. The van der Waals surface area contributed by atoms with Crippen molar-refractivity contribution in [3.05, 3.63) is 36.5 Å². The molecule has 2 unspecified atom stereocenters. The number of allylic oxidation sites excluding steroid dienone is 5. The summed E-state index contributed by atoms with van der Waals surface area (Å²) in [6, 6.07) is -0.632. The van der Waals surface area contributed by atoms with E-state index in [0.717, 1.165) is 51.4 Å². The van der Waals surface area contributed by atoms with E-state index in [1.165, 1.54) is 257 Å². The van der Waals surface area contributed by atoms with Crippen LogP contribution in [0.15, 0.2) is 36.5 Å². The molecule has 0 aliphatic carbocycles. The van der Waals surface area contributed by atoms with Gasteiger partial charge < -0.3 is 20.3 Å². The molecule has 6 nitrogen and oxygen atoms in total. The van der Waals surface area contributed by atoms with E-state index in [2.05, 4.69) is 43.5 Å². The number of carbonyl (C=O) groups is 2. The average molecular weight is 985 g/mol. The van der Waals surface area contributed by atoms with Crippen molar-refractivity contribution in [2.75, 3.05) is 13.2 Å². The van der Waals surface area contributed by atoms with Crippen LogP contribution in [0.4, 0.5) is 0 Å². The summed E-state index contributed by atoms with van der Waals surface area (Å²) in [7, 11) is 0. The maximum absolute atomic E-state index is 12.5. The van der Waals surface area contributed by atoms with Crippen LogP contribution in [0.3, 0.4) is 0 Å². The van der Waals surface area contributed by atoms with E-state index in [9.17, 15) is 19.8 Å². The standard InChI is InChI=1S/C64H121NO5/c1-3-5-7-9-11-13-15-17-19-30-34-38-42-46-50-54-58-64(69)70-59-55-51-47-43-39-35-31-28-26-24-22-20-21-23-25-27-29-33-37-41-45-49-53-57-63(68)65-61(60-66)62(67)56-52-48-44-40-36-32-18-16-14-12-10-8-6-4-2/h19,23,25,30,52,56,61-62,66-67H,3-18,20-22,24,26-29,31-51,53-55,57-60H2,1-2H3,(H,65,68)/b25-23-,30-19-,56-52+. The lowest BCUT2D eigenvalue weighted by Gasteiger charge is -2.20. The summed E-state index contributed by atoms with van der Waals surface area (Å²) in [5.41, 5.74) is 0. The molecule has 0 bridgehead atoms. The van der Waals surface area contributed by atoms with Crippen LogP contribution < -0.4 is 5.32 Å². The Morgan fingerprint density at radius 1 is 0.386 bits per heavy atom. The molecule has 1 amide bonds. The maximum atomic E-state index is 12.5. The summed E-state index contributed by atoms with van der Waals surface area (Å²) < 4.78 is 5.48. The summed E-state index contributed by atoms with van der Waals surface area (Å²) >= 11 is 0. The first-order valence-electron chi connectivity index (χ1n) is 31.3. The fraction of sp³-hybridized carbons (Fsp3) is 0.875. The largest absolute Gasteiger partial charge is 0.466 e. The highest BCUT2D eigenvalue weighted by Crippen LogP contribution is 2.17. The topological polar surface area (TPSA) is 95.9 Å². The normalized spacial score (nSPS) is 12.8. The molecule has 0 radical (unpaired) electrons. The zero-order valence-corrected chi connectivity index (χ0v) is 47.0. The molecule has 70 heavy (non-hydrogen) atoms. The third kappa shape index (κ3) is 55.4. The molecule has 0 spiro atoms.